The molecule has 40 heavy (non-hydrogen) atoms. The number of nitrogens with one attached hydrogen (secondary N) is 3. The van der Waals surface area contributed by atoms with E-state index in [1.807, 2.05) is 38.1 Å². The van der Waals surface area contributed by atoms with Crippen LogP contribution in [0.15, 0.2) is 48.5 Å². The molecule has 10 heteroatoms. The molecule has 0 aliphatic carbocycles. The molecule has 1 heterocycles. The molecule has 2 aromatic carbocycles. The van der Waals surface area contributed by atoms with Gasteiger partial charge in [0.1, 0.15) is 30.2 Å². The molecule has 1 aliphatic rings. The Morgan fingerprint density at radius 2 is 1.90 bits per heavy atom. The Morgan fingerprint density at radius 1 is 1.12 bits per heavy atom. The van der Waals surface area contributed by atoms with Gasteiger partial charge in [0.05, 0.1) is 25.6 Å². The topological polar surface area (TPSA) is 126 Å². The first-order valence-corrected chi connectivity index (χ1v) is 13.7. The summed E-state index contributed by atoms with van der Waals surface area (Å²) >= 11 is 0. The van der Waals surface area contributed by atoms with Crippen LogP contribution in [0.3, 0.4) is 0 Å². The Labute approximate surface area is 235 Å². The Balaban J connectivity index is 1.76. The van der Waals surface area contributed by atoms with Crippen molar-refractivity contribution in [3.8, 4) is 11.5 Å². The third kappa shape index (κ3) is 9.00. The van der Waals surface area contributed by atoms with Crippen molar-refractivity contribution in [1.29, 1.82) is 0 Å². The first kappa shape index (κ1) is 30.5. The summed E-state index contributed by atoms with van der Waals surface area (Å²) in [4.78, 5) is 54.2. The van der Waals surface area contributed by atoms with E-state index >= 15 is 0 Å². The van der Waals surface area contributed by atoms with Gasteiger partial charge in [0, 0.05) is 13.6 Å². The van der Waals surface area contributed by atoms with Crippen LogP contribution in [0.1, 0.15) is 49.0 Å². The molecule has 0 saturated heterocycles. The van der Waals surface area contributed by atoms with E-state index < -0.39 is 29.8 Å². The van der Waals surface area contributed by atoms with Gasteiger partial charge in [-0.2, -0.15) is 0 Å². The lowest BCUT2D eigenvalue weighted by Gasteiger charge is -2.27. The SMILES string of the molecule is COc1cccc(CCCNC(=O)[C@@H]2CC(=O)N[C@@H](CC(C)C)C(=O)N(C)CCOc3ccccc3C(=O)N2)c1. The largest absolute Gasteiger partial charge is 0.497 e. The van der Waals surface area contributed by atoms with Crippen LogP contribution in [0.2, 0.25) is 0 Å². The third-order valence-corrected chi connectivity index (χ3v) is 6.62. The fraction of sp³-hybridized carbons (Fsp3) is 0.467. The highest BCUT2D eigenvalue weighted by Crippen LogP contribution is 2.19. The van der Waals surface area contributed by atoms with Crippen LogP contribution in [0, 0.1) is 5.92 Å². The van der Waals surface area contributed by atoms with E-state index in [0.717, 1.165) is 11.3 Å². The van der Waals surface area contributed by atoms with Gasteiger partial charge in [0.2, 0.25) is 17.7 Å². The summed E-state index contributed by atoms with van der Waals surface area (Å²) in [7, 11) is 3.26. The van der Waals surface area contributed by atoms with Crippen LogP contribution < -0.4 is 25.4 Å². The van der Waals surface area contributed by atoms with Crippen molar-refractivity contribution in [3.05, 3.63) is 59.7 Å². The van der Waals surface area contributed by atoms with Gasteiger partial charge >= 0.3 is 0 Å². The van der Waals surface area contributed by atoms with E-state index in [4.69, 9.17) is 9.47 Å². The molecule has 0 fully saturated rings. The van der Waals surface area contributed by atoms with Gasteiger partial charge in [0.15, 0.2) is 0 Å². The van der Waals surface area contributed by atoms with E-state index in [9.17, 15) is 19.2 Å². The first-order valence-electron chi connectivity index (χ1n) is 13.7. The second-order valence-electron chi connectivity index (χ2n) is 10.3. The Morgan fingerprint density at radius 3 is 2.65 bits per heavy atom. The number of hydrogen-bond acceptors (Lipinski definition) is 6. The van der Waals surface area contributed by atoms with Crippen LogP contribution >= 0.6 is 0 Å². The van der Waals surface area contributed by atoms with E-state index in [0.29, 0.717) is 31.6 Å². The Bertz CT molecular complexity index is 1180. The molecule has 10 nitrogen and oxygen atoms in total. The maximum absolute atomic E-state index is 13.2. The van der Waals surface area contributed by atoms with Crippen molar-refractivity contribution in [2.45, 2.75) is 51.6 Å². The highest BCUT2D eigenvalue weighted by atomic mass is 16.5. The molecule has 216 valence electrons. The number of carbonyl (C=O) groups is 4. The molecule has 0 saturated carbocycles. The third-order valence-electron chi connectivity index (χ3n) is 6.62. The maximum atomic E-state index is 13.2. The first-order chi connectivity index (χ1) is 19.2. The summed E-state index contributed by atoms with van der Waals surface area (Å²) in [6.45, 7) is 4.72. The lowest BCUT2D eigenvalue weighted by Crippen LogP contribution is -2.53. The van der Waals surface area contributed by atoms with Crippen molar-refractivity contribution in [2.75, 3.05) is 33.9 Å². The standard InChI is InChI=1S/C30H40N4O6/c1-20(2)17-25-30(38)34(3)15-16-40-26-13-6-5-12-23(26)28(36)33-24(19-27(35)32-25)29(37)31-14-8-10-21-9-7-11-22(18-21)39-4/h5-7,9,11-13,18,20,24-25H,8,10,14-17,19H2,1-4H3,(H,31,37)(H,32,35)(H,33,36)/t24-,25-/m0/s1. The number of fused-ring (bicyclic) bond motifs is 1. The number of rotatable bonds is 8. The van der Waals surface area contributed by atoms with Gasteiger partial charge in [0.25, 0.3) is 5.91 Å². The number of nitrogens with zero attached hydrogens (tertiary/aromatic N) is 1. The number of likely N-dealkylation sites (N-methyl/N-ethyl adjacent to an activating group) is 1. The minimum Gasteiger partial charge on any atom is -0.497 e. The van der Waals surface area contributed by atoms with Crippen molar-refractivity contribution in [2.24, 2.45) is 5.92 Å². The molecule has 2 atom stereocenters. The second-order valence-corrected chi connectivity index (χ2v) is 10.3. The van der Waals surface area contributed by atoms with Gasteiger partial charge in [-0.3, -0.25) is 19.2 Å². The quantitative estimate of drug-likeness (QED) is 0.432. The number of aryl methyl sites for hydroxylation is 1. The summed E-state index contributed by atoms with van der Waals surface area (Å²) in [5.74, 6) is -0.501. The Hall–Kier alpha value is -4.08. The fourth-order valence-corrected chi connectivity index (χ4v) is 4.48. The minimum atomic E-state index is -1.15. The summed E-state index contributed by atoms with van der Waals surface area (Å²) in [6, 6.07) is 12.5. The number of ether oxygens (including phenoxy) is 2. The smallest absolute Gasteiger partial charge is 0.255 e. The Kier molecular flexibility index (Phi) is 11.4. The highest BCUT2D eigenvalue weighted by Gasteiger charge is 2.30. The predicted molar refractivity (Wildman–Crippen MR) is 151 cm³/mol. The average Bonchev–Trinajstić information content (AvgIpc) is 2.93. The van der Waals surface area contributed by atoms with Gasteiger partial charge in [-0.1, -0.05) is 38.1 Å². The monoisotopic (exact) mass is 552 g/mol. The molecule has 0 unspecified atom stereocenters. The lowest BCUT2D eigenvalue weighted by atomic mass is 10.0. The molecular weight excluding hydrogens is 512 g/mol. The molecule has 0 radical (unpaired) electrons. The molecule has 4 amide bonds. The molecule has 0 spiro atoms. The fourth-order valence-electron chi connectivity index (χ4n) is 4.48. The van der Waals surface area contributed by atoms with Gasteiger partial charge in [-0.05, 0) is 55.0 Å². The van der Waals surface area contributed by atoms with Crippen LogP contribution in [-0.2, 0) is 20.8 Å². The number of para-hydroxylation sites is 1. The van der Waals surface area contributed by atoms with Crippen molar-refractivity contribution >= 4 is 23.6 Å². The molecule has 2 aromatic rings. The normalized spacial score (nSPS) is 18.6. The van der Waals surface area contributed by atoms with Crippen LogP contribution in [0.4, 0.5) is 0 Å². The maximum Gasteiger partial charge on any atom is 0.255 e. The predicted octanol–water partition coefficient (Wildman–Crippen LogP) is 2.31. The van der Waals surface area contributed by atoms with E-state index in [2.05, 4.69) is 16.0 Å². The number of methoxy groups -OCH3 is 1. The summed E-state index contributed by atoms with van der Waals surface area (Å²) in [6.07, 6.45) is 1.49. The number of carbonyl (C=O) groups excluding carboxylic acids is 4. The van der Waals surface area contributed by atoms with Gasteiger partial charge in [-0.25, -0.2) is 0 Å². The highest BCUT2D eigenvalue weighted by molar-refractivity contribution is 6.01. The number of hydrogen-bond donors (Lipinski definition) is 3. The van der Waals surface area contributed by atoms with Gasteiger partial charge < -0.3 is 30.3 Å². The van der Waals surface area contributed by atoms with Crippen LogP contribution in [0.25, 0.3) is 0 Å². The molecule has 0 aromatic heterocycles. The van der Waals surface area contributed by atoms with E-state index in [1.165, 1.54) is 4.90 Å². The summed E-state index contributed by atoms with van der Waals surface area (Å²) < 4.78 is 11.1. The van der Waals surface area contributed by atoms with Crippen LogP contribution in [0.5, 0.6) is 11.5 Å². The summed E-state index contributed by atoms with van der Waals surface area (Å²) in [5.41, 5.74) is 1.31. The number of benzene rings is 2. The van der Waals surface area contributed by atoms with Crippen molar-refractivity contribution < 1.29 is 28.7 Å². The zero-order valence-electron chi connectivity index (χ0n) is 23.7. The molecule has 3 N–H and O–H groups in total. The van der Waals surface area contributed by atoms with Gasteiger partial charge in [-0.15, -0.1) is 0 Å². The second kappa shape index (κ2) is 14.9. The molecule has 1 aliphatic heterocycles. The zero-order valence-corrected chi connectivity index (χ0v) is 23.7. The molecule has 3 rings (SSSR count). The van der Waals surface area contributed by atoms with Crippen LogP contribution in [-0.4, -0.2) is 74.5 Å². The number of amides is 4. The lowest BCUT2D eigenvalue weighted by molar-refractivity contribution is -0.136. The van der Waals surface area contributed by atoms with E-state index in [1.54, 1.807) is 38.4 Å². The molecular formula is C30H40N4O6. The average molecular weight is 553 g/mol. The summed E-state index contributed by atoms with van der Waals surface area (Å²) in [5, 5.41) is 8.33. The minimum absolute atomic E-state index is 0.146. The zero-order chi connectivity index (χ0) is 29.1. The van der Waals surface area contributed by atoms with Crippen molar-refractivity contribution in [3.63, 3.8) is 0 Å². The molecule has 0 bridgehead atoms. The van der Waals surface area contributed by atoms with Crippen molar-refractivity contribution in [1.82, 2.24) is 20.9 Å². The van der Waals surface area contributed by atoms with E-state index in [-0.39, 0.29) is 37.0 Å².